The van der Waals surface area contributed by atoms with E-state index in [1.165, 1.54) is 6.07 Å². The number of ether oxygens (including phenoxy) is 1. The largest absolute Gasteiger partial charge is 0.486 e. The maximum absolute atomic E-state index is 13.7. The molecule has 0 spiro atoms. The lowest BCUT2D eigenvalue weighted by molar-refractivity contribution is 0.290. The van der Waals surface area contributed by atoms with E-state index in [9.17, 15) is 4.39 Å². The summed E-state index contributed by atoms with van der Waals surface area (Å²) in [4.78, 5) is 0. The van der Waals surface area contributed by atoms with Crippen LogP contribution in [0, 0.1) is 5.82 Å². The monoisotopic (exact) mass is 251 g/mol. The van der Waals surface area contributed by atoms with Crippen molar-refractivity contribution in [3.05, 3.63) is 52.0 Å². The van der Waals surface area contributed by atoms with Crippen molar-refractivity contribution in [1.29, 1.82) is 0 Å². The van der Waals surface area contributed by atoms with E-state index >= 15 is 0 Å². The number of nitrogens with two attached hydrogens (primary N) is 1. The Morgan fingerprint density at radius 1 is 1.41 bits per heavy atom. The maximum atomic E-state index is 13.7. The molecule has 1 aromatic heterocycles. The summed E-state index contributed by atoms with van der Waals surface area (Å²) in [6, 6.07) is 6.62. The lowest BCUT2D eigenvalue weighted by atomic mass is 10.1. The Kier molecular flexibility index (Phi) is 3.76. The van der Waals surface area contributed by atoms with E-state index in [1.807, 2.05) is 23.8 Å². The van der Waals surface area contributed by atoms with Crippen molar-refractivity contribution in [1.82, 2.24) is 0 Å². The van der Waals surface area contributed by atoms with Gasteiger partial charge in [-0.2, -0.15) is 11.3 Å². The van der Waals surface area contributed by atoms with Crippen molar-refractivity contribution < 1.29 is 9.13 Å². The van der Waals surface area contributed by atoms with Crippen molar-refractivity contribution in [3.8, 4) is 5.75 Å². The molecule has 2 aromatic rings. The molecule has 2 nitrogen and oxygen atoms in total. The average Bonchev–Trinajstić information content (AvgIpc) is 2.80. The Labute approximate surface area is 104 Å². The summed E-state index contributed by atoms with van der Waals surface area (Å²) in [5, 5.41) is 3.95. The third-order valence-corrected chi connectivity index (χ3v) is 3.19. The van der Waals surface area contributed by atoms with Gasteiger partial charge in [0.1, 0.15) is 6.61 Å². The molecule has 1 aromatic carbocycles. The molecule has 90 valence electrons. The van der Waals surface area contributed by atoms with E-state index in [2.05, 4.69) is 0 Å². The number of benzene rings is 1. The van der Waals surface area contributed by atoms with Crippen LogP contribution in [0.25, 0.3) is 0 Å². The van der Waals surface area contributed by atoms with E-state index in [1.54, 1.807) is 23.5 Å². The number of halogens is 1. The van der Waals surface area contributed by atoms with Crippen molar-refractivity contribution in [3.63, 3.8) is 0 Å². The normalized spacial score (nSPS) is 12.4. The highest BCUT2D eigenvalue weighted by molar-refractivity contribution is 7.07. The fraction of sp³-hybridized carbons (Fsp3) is 0.231. The van der Waals surface area contributed by atoms with Gasteiger partial charge in [0.2, 0.25) is 0 Å². The fourth-order valence-electron chi connectivity index (χ4n) is 1.45. The van der Waals surface area contributed by atoms with Crippen molar-refractivity contribution in [2.75, 3.05) is 0 Å². The second-order valence-electron chi connectivity index (χ2n) is 3.90. The predicted octanol–water partition coefficient (Wildman–Crippen LogP) is 3.49. The van der Waals surface area contributed by atoms with E-state index in [0.29, 0.717) is 6.61 Å². The molecular weight excluding hydrogens is 237 g/mol. The molecule has 0 aliphatic rings. The van der Waals surface area contributed by atoms with E-state index < -0.39 is 0 Å². The number of rotatable bonds is 4. The van der Waals surface area contributed by atoms with Gasteiger partial charge in [-0.3, -0.25) is 0 Å². The van der Waals surface area contributed by atoms with Gasteiger partial charge in [0.05, 0.1) is 0 Å². The van der Waals surface area contributed by atoms with Gasteiger partial charge in [0, 0.05) is 6.04 Å². The van der Waals surface area contributed by atoms with Gasteiger partial charge in [0.25, 0.3) is 0 Å². The van der Waals surface area contributed by atoms with Crippen LogP contribution in [0.3, 0.4) is 0 Å². The Balaban J connectivity index is 2.06. The average molecular weight is 251 g/mol. The molecule has 2 rings (SSSR count). The summed E-state index contributed by atoms with van der Waals surface area (Å²) in [7, 11) is 0. The summed E-state index contributed by atoms with van der Waals surface area (Å²) in [5.41, 5.74) is 7.49. The van der Waals surface area contributed by atoms with Gasteiger partial charge >= 0.3 is 0 Å². The summed E-state index contributed by atoms with van der Waals surface area (Å²) < 4.78 is 19.1. The van der Waals surface area contributed by atoms with Crippen molar-refractivity contribution >= 4 is 11.3 Å². The molecule has 2 N–H and O–H groups in total. The van der Waals surface area contributed by atoms with E-state index in [4.69, 9.17) is 10.5 Å². The Morgan fingerprint density at radius 2 is 2.24 bits per heavy atom. The standard InChI is InChI=1S/C13H14FNOS/c1-9(15)11-2-3-13(12(14)6-11)16-7-10-4-5-17-8-10/h2-6,8-9H,7,15H2,1H3/t9-/m1/s1. The van der Waals surface area contributed by atoms with Gasteiger partial charge < -0.3 is 10.5 Å². The number of thiophene rings is 1. The zero-order valence-corrected chi connectivity index (χ0v) is 10.3. The quantitative estimate of drug-likeness (QED) is 0.902. The summed E-state index contributed by atoms with van der Waals surface area (Å²) in [6.07, 6.45) is 0. The molecule has 0 unspecified atom stereocenters. The highest BCUT2D eigenvalue weighted by atomic mass is 32.1. The zero-order valence-electron chi connectivity index (χ0n) is 9.52. The van der Waals surface area contributed by atoms with E-state index in [0.717, 1.165) is 11.1 Å². The fourth-order valence-corrected chi connectivity index (χ4v) is 2.11. The zero-order chi connectivity index (χ0) is 12.3. The third-order valence-electron chi connectivity index (χ3n) is 2.46. The first-order valence-electron chi connectivity index (χ1n) is 5.35. The lowest BCUT2D eigenvalue weighted by Crippen LogP contribution is -2.05. The van der Waals surface area contributed by atoms with Crippen LogP contribution in [0.1, 0.15) is 24.1 Å². The van der Waals surface area contributed by atoms with Gasteiger partial charge in [-0.25, -0.2) is 4.39 Å². The van der Waals surface area contributed by atoms with Crippen molar-refractivity contribution in [2.45, 2.75) is 19.6 Å². The predicted molar refractivity (Wildman–Crippen MR) is 67.7 cm³/mol. The van der Waals surface area contributed by atoms with Crippen LogP contribution in [0.15, 0.2) is 35.0 Å². The minimum atomic E-state index is -0.366. The summed E-state index contributed by atoms with van der Waals surface area (Å²) in [5.74, 6) is -0.101. The Bertz CT molecular complexity index is 482. The van der Waals surface area contributed by atoms with Gasteiger partial charge in [0.15, 0.2) is 11.6 Å². The Morgan fingerprint density at radius 3 is 2.82 bits per heavy atom. The summed E-state index contributed by atoms with van der Waals surface area (Å²) >= 11 is 1.60. The molecule has 0 saturated heterocycles. The van der Waals surface area contributed by atoms with Gasteiger partial charge in [-0.05, 0) is 47.0 Å². The summed E-state index contributed by atoms with van der Waals surface area (Å²) in [6.45, 7) is 2.21. The molecule has 0 saturated carbocycles. The van der Waals surface area contributed by atoms with Gasteiger partial charge in [-0.1, -0.05) is 6.07 Å². The van der Waals surface area contributed by atoms with Crippen LogP contribution in [-0.4, -0.2) is 0 Å². The molecule has 0 aliphatic carbocycles. The van der Waals surface area contributed by atoms with Crippen LogP contribution in [0.5, 0.6) is 5.75 Å². The molecule has 0 bridgehead atoms. The second-order valence-corrected chi connectivity index (χ2v) is 4.68. The first-order chi connectivity index (χ1) is 8.16. The topological polar surface area (TPSA) is 35.2 Å². The molecule has 1 heterocycles. The molecule has 1 atom stereocenters. The van der Waals surface area contributed by atoms with Crippen LogP contribution in [-0.2, 0) is 6.61 Å². The molecule has 0 radical (unpaired) electrons. The second kappa shape index (κ2) is 5.29. The molecule has 0 aliphatic heterocycles. The number of hydrogen-bond acceptors (Lipinski definition) is 3. The van der Waals surface area contributed by atoms with Crippen LogP contribution in [0.4, 0.5) is 4.39 Å². The molecule has 0 amide bonds. The maximum Gasteiger partial charge on any atom is 0.165 e. The van der Waals surface area contributed by atoms with E-state index in [-0.39, 0.29) is 17.6 Å². The van der Waals surface area contributed by atoms with Crippen LogP contribution in [0.2, 0.25) is 0 Å². The third kappa shape index (κ3) is 3.05. The first kappa shape index (κ1) is 12.1. The number of hydrogen-bond donors (Lipinski definition) is 1. The van der Waals surface area contributed by atoms with Crippen molar-refractivity contribution in [2.24, 2.45) is 5.73 Å². The smallest absolute Gasteiger partial charge is 0.165 e. The molecule has 4 heteroatoms. The minimum Gasteiger partial charge on any atom is -0.486 e. The minimum absolute atomic E-state index is 0.171. The highest BCUT2D eigenvalue weighted by Gasteiger charge is 2.07. The van der Waals surface area contributed by atoms with Crippen LogP contribution < -0.4 is 10.5 Å². The van der Waals surface area contributed by atoms with Gasteiger partial charge in [-0.15, -0.1) is 0 Å². The van der Waals surface area contributed by atoms with Crippen LogP contribution >= 0.6 is 11.3 Å². The first-order valence-corrected chi connectivity index (χ1v) is 6.30. The molecule has 17 heavy (non-hydrogen) atoms. The SMILES string of the molecule is C[C@@H](N)c1ccc(OCc2ccsc2)c(F)c1. The lowest BCUT2D eigenvalue weighted by Gasteiger charge is -2.09. The molecular formula is C13H14FNOS. The Hall–Kier alpha value is -1.39. The highest BCUT2D eigenvalue weighted by Crippen LogP contribution is 2.22. The molecule has 0 fully saturated rings.